The quantitative estimate of drug-likeness (QED) is 0.836. The van der Waals surface area contributed by atoms with Crippen LogP contribution in [0.4, 0.5) is 0 Å². The highest BCUT2D eigenvalue weighted by Gasteiger charge is 2.18. The molecule has 21 heavy (non-hydrogen) atoms. The van der Waals surface area contributed by atoms with Gasteiger partial charge in [-0.25, -0.2) is 0 Å². The fraction of sp³-hybridized carbons (Fsp3) is 0.667. The third-order valence-corrected chi connectivity index (χ3v) is 4.54. The molecule has 1 aromatic carbocycles. The Morgan fingerprint density at radius 3 is 2.29 bits per heavy atom. The predicted molar refractivity (Wildman–Crippen MR) is 88.2 cm³/mol. The molecule has 3 nitrogen and oxygen atoms in total. The van der Waals surface area contributed by atoms with E-state index in [1.807, 2.05) is 12.1 Å². The molecule has 2 rings (SSSR count). The summed E-state index contributed by atoms with van der Waals surface area (Å²) in [4.78, 5) is 4.85. The normalized spacial score (nSPS) is 17.5. The van der Waals surface area contributed by atoms with Crippen molar-refractivity contribution in [3.63, 3.8) is 0 Å². The van der Waals surface area contributed by atoms with Crippen LogP contribution in [0.25, 0.3) is 0 Å². The lowest BCUT2D eigenvalue weighted by molar-refractivity contribution is 0.169. The van der Waals surface area contributed by atoms with Crippen LogP contribution in [0.2, 0.25) is 0 Å². The van der Waals surface area contributed by atoms with Crippen LogP contribution in [0.5, 0.6) is 0 Å². The zero-order chi connectivity index (χ0) is 15.1. The molecule has 0 atom stereocenters. The first-order valence-electron chi connectivity index (χ1n) is 8.23. The van der Waals surface area contributed by atoms with Gasteiger partial charge in [-0.2, -0.15) is 0 Å². The van der Waals surface area contributed by atoms with E-state index in [2.05, 4.69) is 36.0 Å². The van der Waals surface area contributed by atoms with Gasteiger partial charge in [0, 0.05) is 6.54 Å². The van der Waals surface area contributed by atoms with Crippen molar-refractivity contribution in [2.24, 2.45) is 5.92 Å². The summed E-state index contributed by atoms with van der Waals surface area (Å²) in [6.45, 7) is 4.87. The molecule has 3 heteroatoms. The SMILES string of the molecule is CN(C)CCCC1CCN(Cc2ccc(CO)cc2)CC1. The van der Waals surface area contributed by atoms with Gasteiger partial charge in [0.15, 0.2) is 0 Å². The Morgan fingerprint density at radius 1 is 1.10 bits per heavy atom. The second-order valence-corrected chi connectivity index (χ2v) is 6.64. The van der Waals surface area contributed by atoms with Gasteiger partial charge in [-0.1, -0.05) is 24.3 Å². The van der Waals surface area contributed by atoms with E-state index in [9.17, 15) is 0 Å². The Morgan fingerprint density at radius 2 is 1.71 bits per heavy atom. The van der Waals surface area contributed by atoms with E-state index in [4.69, 9.17) is 5.11 Å². The summed E-state index contributed by atoms with van der Waals surface area (Å²) in [5, 5.41) is 9.07. The van der Waals surface area contributed by atoms with Gasteiger partial charge >= 0.3 is 0 Å². The van der Waals surface area contributed by atoms with Gasteiger partial charge in [-0.05, 0) is 76.5 Å². The minimum atomic E-state index is 0.138. The Labute approximate surface area is 129 Å². The molecule has 0 amide bonds. The maximum Gasteiger partial charge on any atom is 0.0681 e. The molecule has 1 fully saturated rings. The molecule has 0 unspecified atom stereocenters. The molecule has 118 valence electrons. The highest BCUT2D eigenvalue weighted by Crippen LogP contribution is 2.23. The van der Waals surface area contributed by atoms with Gasteiger partial charge in [0.05, 0.1) is 6.61 Å². The summed E-state index contributed by atoms with van der Waals surface area (Å²) in [6, 6.07) is 8.36. The van der Waals surface area contributed by atoms with Crippen LogP contribution in [0.1, 0.15) is 36.8 Å². The highest BCUT2D eigenvalue weighted by atomic mass is 16.3. The van der Waals surface area contributed by atoms with Crippen molar-refractivity contribution in [1.29, 1.82) is 0 Å². The molecule has 0 spiro atoms. The van der Waals surface area contributed by atoms with Gasteiger partial charge < -0.3 is 10.0 Å². The Hall–Kier alpha value is -0.900. The third kappa shape index (κ3) is 5.77. The van der Waals surface area contributed by atoms with E-state index in [-0.39, 0.29) is 6.61 Å². The fourth-order valence-electron chi connectivity index (χ4n) is 3.14. The monoisotopic (exact) mass is 290 g/mol. The van der Waals surface area contributed by atoms with Crippen molar-refractivity contribution in [3.8, 4) is 0 Å². The van der Waals surface area contributed by atoms with Crippen molar-refractivity contribution in [2.45, 2.75) is 38.8 Å². The second-order valence-electron chi connectivity index (χ2n) is 6.64. The topological polar surface area (TPSA) is 26.7 Å². The minimum absolute atomic E-state index is 0.138. The lowest BCUT2D eigenvalue weighted by atomic mass is 9.92. The molecule has 0 saturated carbocycles. The molecule has 0 radical (unpaired) electrons. The van der Waals surface area contributed by atoms with Crippen LogP contribution >= 0.6 is 0 Å². The summed E-state index contributed by atoms with van der Waals surface area (Å²) in [6.07, 6.45) is 5.42. The average molecular weight is 290 g/mol. The van der Waals surface area contributed by atoms with Gasteiger partial charge in [0.2, 0.25) is 0 Å². The van der Waals surface area contributed by atoms with Gasteiger partial charge in [-0.3, -0.25) is 4.90 Å². The van der Waals surface area contributed by atoms with Crippen LogP contribution < -0.4 is 0 Å². The molecule has 1 aliphatic heterocycles. The molecule has 1 aliphatic rings. The number of rotatable bonds is 7. The van der Waals surface area contributed by atoms with E-state index in [1.54, 1.807) is 0 Å². The average Bonchev–Trinajstić information content (AvgIpc) is 2.49. The molecule has 0 aliphatic carbocycles. The first kappa shape index (κ1) is 16.5. The zero-order valence-electron chi connectivity index (χ0n) is 13.6. The maximum atomic E-state index is 9.07. The number of benzene rings is 1. The Bertz CT molecular complexity index is 394. The highest BCUT2D eigenvalue weighted by molar-refractivity contribution is 5.21. The largest absolute Gasteiger partial charge is 0.392 e. The van der Waals surface area contributed by atoms with Crippen molar-refractivity contribution in [1.82, 2.24) is 9.80 Å². The van der Waals surface area contributed by atoms with Crippen molar-refractivity contribution in [3.05, 3.63) is 35.4 Å². The maximum absolute atomic E-state index is 9.07. The van der Waals surface area contributed by atoms with Gasteiger partial charge in [0.1, 0.15) is 0 Å². The van der Waals surface area contributed by atoms with Crippen LogP contribution in [0.3, 0.4) is 0 Å². The van der Waals surface area contributed by atoms with Crippen molar-refractivity contribution < 1.29 is 5.11 Å². The standard InChI is InChI=1S/C18H30N2O/c1-19(2)11-3-4-16-9-12-20(13-10-16)14-17-5-7-18(15-21)8-6-17/h5-8,16,21H,3-4,9-15H2,1-2H3. The number of piperidine rings is 1. The minimum Gasteiger partial charge on any atom is -0.392 e. The molecular formula is C18H30N2O. The fourth-order valence-corrected chi connectivity index (χ4v) is 3.14. The first-order chi connectivity index (χ1) is 10.2. The van der Waals surface area contributed by atoms with Gasteiger partial charge in [0.25, 0.3) is 0 Å². The third-order valence-electron chi connectivity index (χ3n) is 4.54. The van der Waals surface area contributed by atoms with E-state index in [0.717, 1.165) is 18.0 Å². The smallest absolute Gasteiger partial charge is 0.0681 e. The van der Waals surface area contributed by atoms with Crippen LogP contribution in [-0.4, -0.2) is 48.6 Å². The first-order valence-corrected chi connectivity index (χ1v) is 8.23. The zero-order valence-corrected chi connectivity index (χ0v) is 13.6. The van der Waals surface area contributed by atoms with Crippen molar-refractivity contribution >= 4 is 0 Å². The number of nitrogens with zero attached hydrogens (tertiary/aromatic N) is 2. The Kier molecular flexibility index (Phi) is 6.68. The molecule has 1 heterocycles. The lowest BCUT2D eigenvalue weighted by Gasteiger charge is -2.32. The number of hydrogen-bond acceptors (Lipinski definition) is 3. The lowest BCUT2D eigenvalue weighted by Crippen LogP contribution is -2.33. The molecule has 1 aromatic rings. The van der Waals surface area contributed by atoms with Crippen LogP contribution in [0.15, 0.2) is 24.3 Å². The van der Waals surface area contributed by atoms with Crippen LogP contribution in [-0.2, 0) is 13.2 Å². The summed E-state index contributed by atoms with van der Waals surface area (Å²) < 4.78 is 0. The summed E-state index contributed by atoms with van der Waals surface area (Å²) in [5.41, 5.74) is 2.36. The molecule has 0 bridgehead atoms. The van der Waals surface area contributed by atoms with Crippen molar-refractivity contribution in [2.75, 3.05) is 33.7 Å². The predicted octanol–water partition coefficient (Wildman–Crippen LogP) is 2.73. The number of likely N-dealkylation sites (tertiary alicyclic amines) is 1. The summed E-state index contributed by atoms with van der Waals surface area (Å²) >= 11 is 0. The van der Waals surface area contributed by atoms with E-state index >= 15 is 0 Å². The number of aliphatic hydroxyl groups is 1. The molecule has 0 aromatic heterocycles. The summed E-state index contributed by atoms with van der Waals surface area (Å²) in [5.74, 6) is 0.929. The second kappa shape index (κ2) is 8.52. The molecular weight excluding hydrogens is 260 g/mol. The van der Waals surface area contributed by atoms with Gasteiger partial charge in [-0.15, -0.1) is 0 Å². The Balaban J connectivity index is 1.68. The summed E-state index contributed by atoms with van der Waals surface area (Å²) in [7, 11) is 4.31. The van der Waals surface area contributed by atoms with E-state index < -0.39 is 0 Å². The number of aliphatic hydroxyl groups excluding tert-OH is 1. The van der Waals surface area contributed by atoms with E-state index in [0.29, 0.717) is 0 Å². The van der Waals surface area contributed by atoms with E-state index in [1.165, 1.54) is 50.9 Å². The molecule has 1 N–H and O–H groups in total. The number of hydrogen-bond donors (Lipinski definition) is 1. The molecule has 1 saturated heterocycles. The van der Waals surface area contributed by atoms with Crippen LogP contribution in [0, 0.1) is 5.92 Å².